The minimum absolute atomic E-state index is 2.00. The lowest BCUT2D eigenvalue weighted by atomic mass is 10.4. The molecule has 1 aromatic carbocycles. The molecule has 1 aromatic rings. The van der Waals surface area contributed by atoms with Crippen molar-refractivity contribution in [3.8, 4) is 0 Å². The van der Waals surface area contributed by atoms with Crippen LogP contribution in [0, 0.1) is 0 Å². The highest BCUT2D eigenvalue weighted by molar-refractivity contribution is 7.43. The second-order valence-corrected chi connectivity index (χ2v) is 2.63. The van der Waals surface area contributed by atoms with Gasteiger partial charge in [0.15, 0.2) is 0 Å². The summed E-state index contributed by atoms with van der Waals surface area (Å²) >= 11 is 0. The van der Waals surface area contributed by atoms with Gasteiger partial charge in [-0.25, -0.2) is 0 Å². The summed E-state index contributed by atoms with van der Waals surface area (Å²) in [6.07, 6.45) is 0. The first-order valence-corrected chi connectivity index (χ1v) is 4.30. The Kier molecular flexibility index (Phi) is 4.74. The number of phosphoric acid groups is 1. The maximum absolute atomic E-state index is 8.77. The maximum Gasteiger partial charge on any atom is 0.262 e. The predicted molar refractivity (Wildman–Crippen MR) is 38.5 cm³/mol. The van der Waals surface area contributed by atoms with Crippen molar-refractivity contribution in [3.05, 3.63) is 36.4 Å². The molecule has 0 aliphatic rings. The lowest BCUT2D eigenvalue weighted by molar-refractivity contribution is -0.214. The molecule has 0 spiro atoms. The van der Waals surface area contributed by atoms with E-state index in [9.17, 15) is 0 Å². The Hall–Kier alpha value is -0.670. The van der Waals surface area contributed by atoms with Crippen LogP contribution in [0.15, 0.2) is 36.4 Å². The minimum atomic E-state index is -4.89. The highest BCUT2D eigenvalue weighted by Crippen LogP contribution is 2.18. The van der Waals surface area contributed by atoms with Crippen molar-refractivity contribution >= 4 is 7.82 Å². The monoisotopic (exact) mass is 175 g/mol. The zero-order valence-electron chi connectivity index (χ0n) is 5.62. The molecule has 0 aliphatic heterocycles. The van der Waals surface area contributed by atoms with Crippen LogP contribution in [0.4, 0.5) is 0 Å². The number of benzene rings is 1. The van der Waals surface area contributed by atoms with Gasteiger partial charge in [0.25, 0.3) is 7.82 Å². The Balaban J connectivity index is 0.000000187. The molecule has 0 radical (unpaired) electrons. The Morgan fingerprint density at radius 1 is 0.909 bits per heavy atom. The standard InChI is InChI=1S/C6H6.H3O4P/c1-2-4-6-5-3-1;1-5(2,3)4/h1-6H;(H3,1,2,3,4)/p-1. The summed E-state index contributed by atoms with van der Waals surface area (Å²) in [5, 5.41) is 0. The van der Waals surface area contributed by atoms with Crippen molar-refractivity contribution in [2.75, 3.05) is 0 Å². The average molecular weight is 175 g/mol. The average Bonchev–Trinajstić information content (AvgIpc) is 1.88. The second kappa shape index (κ2) is 5.04. The molecule has 1 rings (SSSR count). The first-order chi connectivity index (χ1) is 5.00. The zero-order valence-corrected chi connectivity index (χ0v) is 6.52. The number of hydrogen-bond acceptors (Lipinski definition) is 2. The molecule has 62 valence electrons. The van der Waals surface area contributed by atoms with Crippen LogP contribution in [0.3, 0.4) is 0 Å². The Morgan fingerprint density at radius 3 is 1.09 bits per heavy atom. The van der Waals surface area contributed by atoms with Crippen molar-refractivity contribution in [2.45, 2.75) is 0 Å². The molecule has 2 N–H and O–H groups in total. The summed E-state index contributed by atoms with van der Waals surface area (Å²) in [6, 6.07) is 12.0. The summed E-state index contributed by atoms with van der Waals surface area (Å²) in [5.74, 6) is 0. The fourth-order valence-electron chi connectivity index (χ4n) is 0.385. The second-order valence-electron chi connectivity index (χ2n) is 1.65. The lowest BCUT2D eigenvalue weighted by Gasteiger charge is -2.01. The van der Waals surface area contributed by atoms with Gasteiger partial charge in [-0.3, -0.25) is 4.57 Å². The third-order valence-corrected chi connectivity index (χ3v) is 0.667. The first kappa shape index (κ1) is 10.3. The summed E-state index contributed by atoms with van der Waals surface area (Å²) in [4.78, 5) is 22.9. The van der Waals surface area contributed by atoms with E-state index in [1.54, 1.807) is 0 Å². The zero-order chi connectivity index (χ0) is 8.74. The third kappa shape index (κ3) is 17.6. The van der Waals surface area contributed by atoms with Crippen molar-refractivity contribution in [1.82, 2.24) is 0 Å². The van der Waals surface area contributed by atoms with Crippen LogP contribution >= 0.6 is 7.82 Å². The normalized spacial score (nSPS) is 9.73. The molecule has 0 atom stereocenters. The van der Waals surface area contributed by atoms with Crippen molar-refractivity contribution < 1.29 is 19.2 Å². The van der Waals surface area contributed by atoms with Crippen LogP contribution in [0.2, 0.25) is 0 Å². The van der Waals surface area contributed by atoms with Crippen molar-refractivity contribution in [1.29, 1.82) is 0 Å². The Labute approximate surface area is 64.4 Å². The van der Waals surface area contributed by atoms with Crippen LogP contribution in [0.1, 0.15) is 0 Å². The van der Waals surface area contributed by atoms with E-state index in [4.69, 9.17) is 19.2 Å². The molecule has 0 amide bonds. The molecule has 0 unspecified atom stereocenters. The van der Waals surface area contributed by atoms with Gasteiger partial charge in [0.2, 0.25) is 0 Å². The summed E-state index contributed by atoms with van der Waals surface area (Å²) in [5.41, 5.74) is 0. The van der Waals surface area contributed by atoms with E-state index < -0.39 is 7.82 Å². The maximum atomic E-state index is 8.77. The topological polar surface area (TPSA) is 80.6 Å². The molecule has 0 aliphatic carbocycles. The van der Waals surface area contributed by atoms with Crippen LogP contribution < -0.4 is 4.89 Å². The van der Waals surface area contributed by atoms with E-state index in [0.29, 0.717) is 0 Å². The van der Waals surface area contributed by atoms with Crippen molar-refractivity contribution in [2.24, 2.45) is 0 Å². The molecule has 0 aromatic heterocycles. The van der Waals surface area contributed by atoms with Gasteiger partial charge in [0.05, 0.1) is 0 Å². The molecule has 0 saturated carbocycles. The quantitative estimate of drug-likeness (QED) is 0.549. The highest BCUT2D eigenvalue weighted by atomic mass is 31.2. The lowest BCUT2D eigenvalue weighted by Crippen LogP contribution is -1.94. The minimum Gasteiger partial charge on any atom is -0.756 e. The summed E-state index contributed by atoms with van der Waals surface area (Å²) < 4.78 is 8.77. The number of rotatable bonds is 0. The van der Waals surface area contributed by atoms with E-state index in [0.717, 1.165) is 0 Å². The van der Waals surface area contributed by atoms with E-state index in [1.165, 1.54) is 0 Å². The highest BCUT2D eigenvalue weighted by Gasteiger charge is 1.82. The van der Waals surface area contributed by atoms with E-state index >= 15 is 0 Å². The van der Waals surface area contributed by atoms with Gasteiger partial charge in [-0.2, -0.15) is 0 Å². The van der Waals surface area contributed by atoms with E-state index in [1.807, 2.05) is 36.4 Å². The van der Waals surface area contributed by atoms with Crippen molar-refractivity contribution in [3.63, 3.8) is 0 Å². The fourth-order valence-corrected chi connectivity index (χ4v) is 0.385. The van der Waals surface area contributed by atoms with Crippen LogP contribution in [-0.4, -0.2) is 9.79 Å². The third-order valence-electron chi connectivity index (χ3n) is 0.667. The van der Waals surface area contributed by atoms with Gasteiger partial charge < -0.3 is 14.7 Å². The molecule has 0 saturated heterocycles. The predicted octanol–water partition coefficient (Wildman–Crippen LogP) is 0.126. The molecular formula is C6H8O4P-. The van der Waals surface area contributed by atoms with Gasteiger partial charge in [0, 0.05) is 0 Å². The van der Waals surface area contributed by atoms with E-state index in [-0.39, 0.29) is 0 Å². The Morgan fingerprint density at radius 2 is 1.00 bits per heavy atom. The van der Waals surface area contributed by atoms with Crippen LogP contribution in [0.25, 0.3) is 0 Å². The molecule has 0 bridgehead atoms. The molecule has 11 heavy (non-hydrogen) atoms. The number of hydrogen-bond donors (Lipinski definition) is 2. The van der Waals surface area contributed by atoms with Gasteiger partial charge in [-0.1, -0.05) is 36.4 Å². The van der Waals surface area contributed by atoms with Gasteiger partial charge >= 0.3 is 0 Å². The molecular weight excluding hydrogens is 167 g/mol. The molecule has 0 fully saturated rings. The molecule has 4 nitrogen and oxygen atoms in total. The fraction of sp³-hybridized carbons (Fsp3) is 0. The molecule has 5 heteroatoms. The SMILES string of the molecule is O=P([O-])(O)O.c1ccccc1. The summed E-state index contributed by atoms with van der Waals surface area (Å²) in [6.45, 7) is 0. The molecule has 0 heterocycles. The van der Waals surface area contributed by atoms with E-state index in [2.05, 4.69) is 0 Å². The largest absolute Gasteiger partial charge is 0.756 e. The first-order valence-electron chi connectivity index (χ1n) is 2.77. The summed E-state index contributed by atoms with van der Waals surface area (Å²) in [7, 11) is -4.89. The van der Waals surface area contributed by atoms with Crippen LogP contribution in [0.5, 0.6) is 0 Å². The van der Waals surface area contributed by atoms with Gasteiger partial charge in [-0.15, -0.1) is 0 Å². The smallest absolute Gasteiger partial charge is 0.262 e. The Bertz CT molecular complexity index is 182. The van der Waals surface area contributed by atoms with Gasteiger partial charge in [0.1, 0.15) is 0 Å². The van der Waals surface area contributed by atoms with Gasteiger partial charge in [-0.05, 0) is 0 Å². The van der Waals surface area contributed by atoms with Crippen LogP contribution in [-0.2, 0) is 4.57 Å².